The molecule has 0 aromatic rings. The molecule has 0 aliphatic heterocycles. The summed E-state index contributed by atoms with van der Waals surface area (Å²) >= 11 is 0. The van der Waals surface area contributed by atoms with Crippen LogP contribution in [0, 0.1) is 0 Å². The number of amides is 1. The summed E-state index contributed by atoms with van der Waals surface area (Å²) in [6.07, 6.45) is -0.764. The van der Waals surface area contributed by atoms with Gasteiger partial charge in [-0.15, -0.1) is 0 Å². The molecular formula is C9H15NO6. The summed E-state index contributed by atoms with van der Waals surface area (Å²) in [5, 5.41) is 10.3. The van der Waals surface area contributed by atoms with Crippen LogP contribution < -0.4 is 5.32 Å². The topological polar surface area (TPSA) is 102 Å². The molecule has 0 unspecified atom stereocenters. The van der Waals surface area contributed by atoms with E-state index in [0.717, 1.165) is 0 Å². The van der Waals surface area contributed by atoms with E-state index in [-0.39, 0.29) is 0 Å². The normalized spacial score (nSPS) is 10.4. The minimum atomic E-state index is -1.26. The fourth-order valence-electron chi connectivity index (χ4n) is 0.652. The molecule has 2 N–H and O–H groups in total. The highest BCUT2D eigenvalue weighted by atomic mass is 16.6. The number of rotatable bonds is 4. The Morgan fingerprint density at radius 3 is 2.25 bits per heavy atom. The SMILES string of the molecule is CC(C)(C)OC(=O)NCC(=O)OCC(=O)O. The predicted octanol–water partition coefficient (Wildman–Crippen LogP) is 0.139. The number of carbonyl (C=O) groups excluding carboxylic acids is 2. The van der Waals surface area contributed by atoms with Gasteiger partial charge in [-0.25, -0.2) is 9.59 Å². The van der Waals surface area contributed by atoms with Crippen molar-refractivity contribution in [3.63, 3.8) is 0 Å². The lowest BCUT2D eigenvalue weighted by atomic mass is 10.2. The van der Waals surface area contributed by atoms with Gasteiger partial charge >= 0.3 is 18.0 Å². The fraction of sp³-hybridized carbons (Fsp3) is 0.667. The summed E-state index contributed by atoms with van der Waals surface area (Å²) in [4.78, 5) is 31.9. The molecular weight excluding hydrogens is 218 g/mol. The maximum atomic E-state index is 11.0. The Kier molecular flexibility index (Phi) is 5.27. The van der Waals surface area contributed by atoms with E-state index in [1.165, 1.54) is 0 Å². The number of carboxylic acids is 1. The van der Waals surface area contributed by atoms with Crippen molar-refractivity contribution in [2.24, 2.45) is 0 Å². The van der Waals surface area contributed by atoms with Crippen LogP contribution in [0.4, 0.5) is 4.79 Å². The highest BCUT2D eigenvalue weighted by Gasteiger charge is 2.16. The number of aliphatic carboxylic acids is 1. The molecule has 1 amide bonds. The van der Waals surface area contributed by atoms with Crippen LogP contribution in [0.1, 0.15) is 20.8 Å². The first-order valence-corrected chi connectivity index (χ1v) is 4.55. The van der Waals surface area contributed by atoms with Crippen LogP contribution in [0.15, 0.2) is 0 Å². The second-order valence-electron chi connectivity index (χ2n) is 3.91. The molecule has 92 valence electrons. The molecule has 0 heterocycles. The van der Waals surface area contributed by atoms with Crippen molar-refractivity contribution in [3.05, 3.63) is 0 Å². The van der Waals surface area contributed by atoms with Gasteiger partial charge in [0.05, 0.1) is 0 Å². The van der Waals surface area contributed by atoms with E-state index in [2.05, 4.69) is 10.1 Å². The smallest absolute Gasteiger partial charge is 0.408 e. The van der Waals surface area contributed by atoms with E-state index in [0.29, 0.717) is 0 Å². The number of hydrogen-bond acceptors (Lipinski definition) is 5. The lowest BCUT2D eigenvalue weighted by molar-refractivity contribution is -0.154. The van der Waals surface area contributed by atoms with Gasteiger partial charge in [0, 0.05) is 0 Å². The van der Waals surface area contributed by atoms with Gasteiger partial charge in [-0.05, 0) is 20.8 Å². The average molecular weight is 233 g/mol. The van der Waals surface area contributed by atoms with Crippen molar-refractivity contribution in [2.75, 3.05) is 13.2 Å². The Balaban J connectivity index is 3.76. The lowest BCUT2D eigenvalue weighted by Gasteiger charge is -2.19. The van der Waals surface area contributed by atoms with E-state index >= 15 is 0 Å². The molecule has 0 aliphatic carbocycles. The summed E-state index contributed by atoms with van der Waals surface area (Å²) in [5.41, 5.74) is -0.658. The van der Waals surface area contributed by atoms with Crippen molar-refractivity contribution >= 4 is 18.0 Å². The van der Waals surface area contributed by atoms with Crippen LogP contribution >= 0.6 is 0 Å². The maximum Gasteiger partial charge on any atom is 0.408 e. The minimum Gasteiger partial charge on any atom is -0.479 e. The van der Waals surface area contributed by atoms with E-state index in [4.69, 9.17) is 9.84 Å². The second-order valence-corrected chi connectivity index (χ2v) is 3.91. The summed E-state index contributed by atoms with van der Waals surface area (Å²) in [6.45, 7) is 3.87. The van der Waals surface area contributed by atoms with Crippen LogP contribution in [-0.4, -0.2) is 41.9 Å². The molecule has 0 saturated heterocycles. The number of alkyl carbamates (subject to hydrolysis) is 1. The fourth-order valence-corrected chi connectivity index (χ4v) is 0.652. The zero-order valence-electron chi connectivity index (χ0n) is 9.40. The van der Waals surface area contributed by atoms with Crippen LogP contribution in [-0.2, 0) is 19.1 Å². The standard InChI is InChI=1S/C9H15NO6/c1-9(2,3)16-8(14)10-4-7(13)15-5-6(11)12/h4-5H2,1-3H3,(H,10,14)(H,11,12). The molecule has 0 rings (SSSR count). The van der Waals surface area contributed by atoms with Crippen molar-refractivity contribution in [2.45, 2.75) is 26.4 Å². The molecule has 7 heteroatoms. The van der Waals surface area contributed by atoms with Crippen LogP contribution in [0.2, 0.25) is 0 Å². The lowest BCUT2D eigenvalue weighted by Crippen LogP contribution is -2.36. The molecule has 0 radical (unpaired) electrons. The predicted molar refractivity (Wildman–Crippen MR) is 52.8 cm³/mol. The van der Waals surface area contributed by atoms with E-state index in [9.17, 15) is 14.4 Å². The van der Waals surface area contributed by atoms with Gasteiger partial charge in [-0.3, -0.25) is 4.79 Å². The van der Waals surface area contributed by atoms with Gasteiger partial charge in [-0.2, -0.15) is 0 Å². The molecule has 16 heavy (non-hydrogen) atoms. The number of nitrogens with one attached hydrogen (secondary N) is 1. The van der Waals surface area contributed by atoms with Crippen molar-refractivity contribution in [1.82, 2.24) is 5.32 Å². The van der Waals surface area contributed by atoms with Crippen LogP contribution in [0.3, 0.4) is 0 Å². The average Bonchev–Trinajstić information content (AvgIpc) is 2.08. The van der Waals surface area contributed by atoms with Crippen LogP contribution in [0.25, 0.3) is 0 Å². The summed E-state index contributed by atoms with van der Waals surface area (Å²) in [5.74, 6) is -2.10. The zero-order chi connectivity index (χ0) is 12.8. The molecule has 0 aliphatic rings. The molecule has 0 fully saturated rings. The molecule has 0 aromatic carbocycles. The Morgan fingerprint density at radius 1 is 1.25 bits per heavy atom. The number of carbonyl (C=O) groups is 3. The van der Waals surface area contributed by atoms with Gasteiger partial charge < -0.3 is 19.9 Å². The molecule has 0 saturated carbocycles. The van der Waals surface area contributed by atoms with Gasteiger partial charge in [0.2, 0.25) is 0 Å². The Labute approximate surface area is 92.7 Å². The third kappa shape index (κ3) is 8.79. The molecule has 0 bridgehead atoms. The first-order chi connectivity index (χ1) is 7.20. The van der Waals surface area contributed by atoms with Gasteiger partial charge in [0.15, 0.2) is 6.61 Å². The van der Waals surface area contributed by atoms with Crippen LogP contribution in [0.5, 0.6) is 0 Å². The van der Waals surface area contributed by atoms with E-state index in [1.54, 1.807) is 20.8 Å². The van der Waals surface area contributed by atoms with Crippen molar-refractivity contribution in [1.29, 1.82) is 0 Å². The Hall–Kier alpha value is -1.79. The van der Waals surface area contributed by atoms with Crippen molar-refractivity contribution in [3.8, 4) is 0 Å². The zero-order valence-corrected chi connectivity index (χ0v) is 9.40. The van der Waals surface area contributed by atoms with E-state index < -0.39 is 36.8 Å². The first kappa shape index (κ1) is 14.2. The van der Waals surface area contributed by atoms with Gasteiger partial charge in [0.1, 0.15) is 12.1 Å². The molecule has 0 aromatic heterocycles. The quantitative estimate of drug-likeness (QED) is 0.669. The third-order valence-corrected chi connectivity index (χ3v) is 1.13. The molecule has 7 nitrogen and oxygen atoms in total. The number of ether oxygens (including phenoxy) is 2. The third-order valence-electron chi connectivity index (χ3n) is 1.13. The largest absolute Gasteiger partial charge is 0.479 e. The minimum absolute atomic E-state index is 0.428. The first-order valence-electron chi connectivity index (χ1n) is 4.55. The highest BCUT2D eigenvalue weighted by molar-refractivity contribution is 5.80. The number of carboxylic acid groups (broad SMARTS) is 1. The Bertz CT molecular complexity index is 280. The van der Waals surface area contributed by atoms with E-state index in [1.807, 2.05) is 0 Å². The number of hydrogen-bond donors (Lipinski definition) is 2. The monoisotopic (exact) mass is 233 g/mol. The van der Waals surface area contributed by atoms with Crippen molar-refractivity contribution < 1.29 is 29.0 Å². The summed E-state index contributed by atoms with van der Waals surface area (Å²) in [7, 11) is 0. The Morgan fingerprint density at radius 2 is 1.81 bits per heavy atom. The highest BCUT2D eigenvalue weighted by Crippen LogP contribution is 2.05. The molecule has 0 spiro atoms. The van der Waals surface area contributed by atoms with Gasteiger partial charge in [0.25, 0.3) is 0 Å². The van der Waals surface area contributed by atoms with Gasteiger partial charge in [-0.1, -0.05) is 0 Å². The number of esters is 1. The molecule has 0 atom stereocenters. The summed E-state index contributed by atoms with van der Waals surface area (Å²) < 4.78 is 9.11. The maximum absolute atomic E-state index is 11.0. The second kappa shape index (κ2) is 5.94. The summed E-state index contributed by atoms with van der Waals surface area (Å²) in [6, 6.07) is 0.